The van der Waals surface area contributed by atoms with Gasteiger partial charge in [-0.3, -0.25) is 4.68 Å². The van der Waals surface area contributed by atoms with Crippen molar-refractivity contribution in [3.63, 3.8) is 0 Å². The zero-order chi connectivity index (χ0) is 14.5. The molecule has 0 unspecified atom stereocenters. The van der Waals surface area contributed by atoms with E-state index in [0.717, 1.165) is 34.3 Å². The zero-order valence-corrected chi connectivity index (χ0v) is 12.9. The minimum absolute atomic E-state index is 0.637. The van der Waals surface area contributed by atoms with Gasteiger partial charge < -0.3 is 10.1 Å². The number of aromatic nitrogens is 2. The Balaban J connectivity index is 2.09. The Bertz CT molecular complexity index is 580. The van der Waals surface area contributed by atoms with Crippen LogP contribution in [0.5, 0.6) is 5.75 Å². The topological polar surface area (TPSA) is 39.1 Å². The Morgan fingerprint density at radius 2 is 2.15 bits per heavy atom. The van der Waals surface area contributed by atoms with E-state index in [-0.39, 0.29) is 0 Å². The van der Waals surface area contributed by atoms with E-state index in [4.69, 9.17) is 16.3 Å². The fraction of sp³-hybridized carbons (Fsp3) is 0.400. The quantitative estimate of drug-likeness (QED) is 0.883. The molecule has 0 amide bonds. The van der Waals surface area contributed by atoms with Crippen molar-refractivity contribution < 1.29 is 4.74 Å². The third-order valence-corrected chi connectivity index (χ3v) is 3.54. The van der Waals surface area contributed by atoms with E-state index < -0.39 is 0 Å². The highest BCUT2D eigenvalue weighted by Gasteiger charge is 2.12. The third kappa shape index (κ3) is 3.25. The lowest BCUT2D eigenvalue weighted by molar-refractivity contribution is 0.340. The van der Waals surface area contributed by atoms with Crippen molar-refractivity contribution in [3.8, 4) is 5.75 Å². The number of hydrogen-bond acceptors (Lipinski definition) is 3. The van der Waals surface area contributed by atoms with Crippen LogP contribution in [0.1, 0.15) is 25.2 Å². The molecule has 0 fully saturated rings. The van der Waals surface area contributed by atoms with Gasteiger partial charge in [-0.05, 0) is 25.5 Å². The number of hydrogen-bond donors (Lipinski definition) is 1. The summed E-state index contributed by atoms with van der Waals surface area (Å²) in [6, 6.07) is 7.90. The molecule has 4 nitrogen and oxygen atoms in total. The molecule has 5 heteroatoms. The second kappa shape index (κ2) is 6.66. The molecule has 0 aliphatic rings. The maximum atomic E-state index is 6.33. The van der Waals surface area contributed by atoms with Crippen LogP contribution in [0.2, 0.25) is 5.02 Å². The second-order valence-corrected chi connectivity index (χ2v) is 4.88. The number of anilines is 1. The summed E-state index contributed by atoms with van der Waals surface area (Å²) in [6.07, 6.45) is 0.840. The SMILES string of the molecule is CCOc1cccc(NCc2c(Cl)c(CC)nn2C)c1. The lowest BCUT2D eigenvalue weighted by Gasteiger charge is -2.09. The highest BCUT2D eigenvalue weighted by molar-refractivity contribution is 6.31. The van der Waals surface area contributed by atoms with Crippen molar-refractivity contribution in [1.82, 2.24) is 9.78 Å². The fourth-order valence-electron chi connectivity index (χ4n) is 2.06. The van der Waals surface area contributed by atoms with Crippen molar-refractivity contribution in [3.05, 3.63) is 40.7 Å². The first kappa shape index (κ1) is 14.7. The first-order valence-corrected chi connectivity index (χ1v) is 7.20. The first-order valence-electron chi connectivity index (χ1n) is 6.82. The summed E-state index contributed by atoms with van der Waals surface area (Å²) in [5, 5.41) is 8.51. The molecule has 0 spiro atoms. The number of benzene rings is 1. The standard InChI is InChI=1S/C15H20ClN3O/c1-4-13-15(16)14(19(3)18-13)10-17-11-7-6-8-12(9-11)20-5-2/h6-9,17H,4-5,10H2,1-3H3. The van der Waals surface area contributed by atoms with E-state index in [1.165, 1.54) is 0 Å². The molecule has 2 rings (SSSR count). The summed E-state index contributed by atoms with van der Waals surface area (Å²) < 4.78 is 7.32. The molecule has 108 valence electrons. The largest absolute Gasteiger partial charge is 0.494 e. The van der Waals surface area contributed by atoms with Crippen LogP contribution < -0.4 is 10.1 Å². The van der Waals surface area contributed by atoms with E-state index in [9.17, 15) is 0 Å². The number of nitrogens with one attached hydrogen (secondary N) is 1. The highest BCUT2D eigenvalue weighted by atomic mass is 35.5. The fourth-order valence-corrected chi connectivity index (χ4v) is 2.42. The third-order valence-electron chi connectivity index (χ3n) is 3.11. The Morgan fingerprint density at radius 1 is 1.35 bits per heavy atom. The van der Waals surface area contributed by atoms with E-state index in [1.807, 2.05) is 42.9 Å². The van der Waals surface area contributed by atoms with Gasteiger partial charge in [-0.25, -0.2) is 0 Å². The van der Waals surface area contributed by atoms with Crippen molar-refractivity contribution >= 4 is 17.3 Å². The summed E-state index contributed by atoms with van der Waals surface area (Å²) in [6.45, 7) is 5.33. The van der Waals surface area contributed by atoms with Gasteiger partial charge in [0.05, 0.1) is 29.6 Å². The van der Waals surface area contributed by atoms with E-state index in [1.54, 1.807) is 0 Å². The smallest absolute Gasteiger partial charge is 0.121 e. The monoisotopic (exact) mass is 293 g/mol. The van der Waals surface area contributed by atoms with E-state index in [2.05, 4.69) is 17.3 Å². The molecule has 20 heavy (non-hydrogen) atoms. The summed E-state index contributed by atoms with van der Waals surface area (Å²) >= 11 is 6.33. The normalized spacial score (nSPS) is 10.6. The maximum Gasteiger partial charge on any atom is 0.121 e. The predicted octanol–water partition coefficient (Wildman–Crippen LogP) is 3.65. The van der Waals surface area contributed by atoms with Gasteiger partial charge in [0.2, 0.25) is 0 Å². The Labute approximate surface area is 124 Å². The molecular formula is C15H20ClN3O. The first-order chi connectivity index (χ1) is 9.65. The summed E-state index contributed by atoms with van der Waals surface area (Å²) in [7, 11) is 1.92. The lowest BCUT2D eigenvalue weighted by atomic mass is 10.2. The van der Waals surface area contributed by atoms with Crippen LogP contribution in [-0.2, 0) is 20.0 Å². The van der Waals surface area contributed by atoms with Crippen LogP contribution in [0.15, 0.2) is 24.3 Å². The second-order valence-electron chi connectivity index (χ2n) is 4.50. The van der Waals surface area contributed by atoms with Gasteiger partial charge in [0.15, 0.2) is 0 Å². The average molecular weight is 294 g/mol. The summed E-state index contributed by atoms with van der Waals surface area (Å²) in [5.74, 6) is 0.864. The molecule has 0 aliphatic heterocycles. The Kier molecular flexibility index (Phi) is 4.90. The van der Waals surface area contributed by atoms with Crippen LogP contribution in [0.4, 0.5) is 5.69 Å². The van der Waals surface area contributed by atoms with Crippen molar-refractivity contribution in [2.24, 2.45) is 7.05 Å². The molecule has 1 aromatic carbocycles. The van der Waals surface area contributed by atoms with Crippen molar-refractivity contribution in [1.29, 1.82) is 0 Å². The van der Waals surface area contributed by atoms with Gasteiger partial charge in [0, 0.05) is 18.8 Å². The van der Waals surface area contributed by atoms with Crippen molar-refractivity contribution in [2.75, 3.05) is 11.9 Å². The number of halogens is 1. The summed E-state index contributed by atoms with van der Waals surface area (Å²) in [5.41, 5.74) is 2.94. The molecule has 1 heterocycles. The minimum atomic E-state index is 0.637. The van der Waals surface area contributed by atoms with Gasteiger partial charge >= 0.3 is 0 Å². The molecule has 0 saturated carbocycles. The van der Waals surface area contributed by atoms with Gasteiger partial charge in [0.1, 0.15) is 5.75 Å². The highest BCUT2D eigenvalue weighted by Crippen LogP contribution is 2.23. The molecule has 2 aromatic rings. The van der Waals surface area contributed by atoms with Gasteiger partial charge in [-0.1, -0.05) is 24.6 Å². The molecule has 0 radical (unpaired) electrons. The number of rotatable bonds is 6. The molecular weight excluding hydrogens is 274 g/mol. The van der Waals surface area contributed by atoms with Crippen LogP contribution in [-0.4, -0.2) is 16.4 Å². The number of aryl methyl sites for hydroxylation is 2. The molecule has 0 atom stereocenters. The van der Waals surface area contributed by atoms with Gasteiger partial charge in [-0.2, -0.15) is 5.10 Å². The van der Waals surface area contributed by atoms with Crippen LogP contribution in [0.25, 0.3) is 0 Å². The predicted molar refractivity (Wildman–Crippen MR) is 82.5 cm³/mol. The van der Waals surface area contributed by atoms with Gasteiger partial charge in [0.25, 0.3) is 0 Å². The zero-order valence-electron chi connectivity index (χ0n) is 12.1. The number of ether oxygens (including phenoxy) is 1. The Morgan fingerprint density at radius 3 is 2.80 bits per heavy atom. The number of nitrogens with zero attached hydrogens (tertiary/aromatic N) is 2. The van der Waals surface area contributed by atoms with E-state index in [0.29, 0.717) is 13.2 Å². The van der Waals surface area contributed by atoms with Gasteiger partial charge in [-0.15, -0.1) is 0 Å². The molecule has 0 saturated heterocycles. The molecule has 1 aromatic heterocycles. The van der Waals surface area contributed by atoms with Crippen LogP contribution in [0.3, 0.4) is 0 Å². The average Bonchev–Trinajstić information content (AvgIpc) is 2.72. The molecule has 1 N–H and O–H groups in total. The van der Waals surface area contributed by atoms with E-state index >= 15 is 0 Å². The lowest BCUT2D eigenvalue weighted by Crippen LogP contribution is -2.06. The molecule has 0 bridgehead atoms. The van der Waals surface area contributed by atoms with Crippen LogP contribution >= 0.6 is 11.6 Å². The molecule has 0 aliphatic carbocycles. The maximum absolute atomic E-state index is 6.33. The van der Waals surface area contributed by atoms with Crippen LogP contribution in [0, 0.1) is 0 Å². The van der Waals surface area contributed by atoms with Crippen molar-refractivity contribution in [2.45, 2.75) is 26.8 Å². The Hall–Kier alpha value is -1.68. The summed E-state index contributed by atoms with van der Waals surface area (Å²) in [4.78, 5) is 0. The minimum Gasteiger partial charge on any atom is -0.494 e.